The predicted octanol–water partition coefficient (Wildman–Crippen LogP) is 3.86. The molecule has 0 aliphatic carbocycles. The summed E-state index contributed by atoms with van der Waals surface area (Å²) in [6.07, 6.45) is 0.545. The number of carbonyl (C=O) groups is 1. The van der Waals surface area contributed by atoms with Gasteiger partial charge in [0.05, 0.1) is 5.92 Å². The fourth-order valence-electron chi connectivity index (χ4n) is 2.74. The van der Waals surface area contributed by atoms with E-state index in [1.807, 2.05) is 49.4 Å². The van der Waals surface area contributed by atoms with Gasteiger partial charge in [0, 0.05) is 0 Å². The average molecular weight is 317 g/mol. The van der Waals surface area contributed by atoms with Crippen molar-refractivity contribution in [3.8, 4) is 11.5 Å². The molecule has 22 heavy (non-hydrogen) atoms. The summed E-state index contributed by atoms with van der Waals surface area (Å²) in [6, 6.07) is 13.6. The Morgan fingerprint density at radius 3 is 2.59 bits per heavy atom. The maximum atomic E-state index is 11.9. The van der Waals surface area contributed by atoms with Gasteiger partial charge in [0.2, 0.25) is 5.24 Å². The molecule has 0 bridgehead atoms. The Morgan fingerprint density at radius 2 is 1.86 bits per heavy atom. The number of hydrogen-bond donors (Lipinski definition) is 0. The first kappa shape index (κ1) is 14.9. The number of benzene rings is 2. The lowest BCUT2D eigenvalue weighted by Gasteiger charge is -2.20. The van der Waals surface area contributed by atoms with Crippen molar-refractivity contribution in [1.82, 2.24) is 0 Å². The highest BCUT2D eigenvalue weighted by Gasteiger charge is 2.22. The van der Waals surface area contributed by atoms with E-state index in [2.05, 4.69) is 0 Å². The largest absolute Gasteiger partial charge is 0.486 e. The van der Waals surface area contributed by atoms with Crippen LogP contribution in [0.4, 0.5) is 0 Å². The van der Waals surface area contributed by atoms with Gasteiger partial charge in [0.1, 0.15) is 13.2 Å². The Morgan fingerprint density at radius 1 is 1.14 bits per heavy atom. The molecule has 2 aromatic rings. The summed E-state index contributed by atoms with van der Waals surface area (Å²) in [5.41, 5.74) is 3.04. The third-order valence-electron chi connectivity index (χ3n) is 3.88. The molecule has 0 amide bonds. The van der Waals surface area contributed by atoms with Crippen LogP contribution in [0.1, 0.15) is 22.6 Å². The third-order valence-corrected chi connectivity index (χ3v) is 4.15. The van der Waals surface area contributed by atoms with Crippen molar-refractivity contribution in [3.63, 3.8) is 0 Å². The summed E-state index contributed by atoms with van der Waals surface area (Å²) < 4.78 is 11.1. The number of hydrogen-bond acceptors (Lipinski definition) is 3. The van der Waals surface area contributed by atoms with Gasteiger partial charge in [-0.25, -0.2) is 0 Å². The minimum atomic E-state index is -0.356. The van der Waals surface area contributed by atoms with E-state index in [1.165, 1.54) is 0 Å². The maximum Gasteiger partial charge on any atom is 0.229 e. The molecule has 114 valence electrons. The van der Waals surface area contributed by atoms with E-state index in [0.717, 1.165) is 28.2 Å². The van der Waals surface area contributed by atoms with E-state index in [1.54, 1.807) is 0 Å². The van der Waals surface area contributed by atoms with Gasteiger partial charge in [-0.05, 0) is 53.8 Å². The first-order valence-electron chi connectivity index (χ1n) is 7.28. The third kappa shape index (κ3) is 3.09. The Hall–Kier alpha value is -2.00. The first-order chi connectivity index (χ1) is 10.6. The smallest absolute Gasteiger partial charge is 0.229 e. The molecule has 1 atom stereocenters. The van der Waals surface area contributed by atoms with Gasteiger partial charge in [-0.15, -0.1) is 0 Å². The highest BCUT2D eigenvalue weighted by molar-refractivity contribution is 6.64. The zero-order valence-corrected chi connectivity index (χ0v) is 13.1. The van der Waals surface area contributed by atoms with Gasteiger partial charge in [-0.1, -0.05) is 30.3 Å². The number of fused-ring (bicyclic) bond motifs is 1. The van der Waals surface area contributed by atoms with Crippen LogP contribution in [0.25, 0.3) is 0 Å². The van der Waals surface area contributed by atoms with Crippen LogP contribution in [-0.4, -0.2) is 18.5 Å². The van der Waals surface area contributed by atoms with Gasteiger partial charge in [0.15, 0.2) is 11.5 Å². The number of carbonyl (C=O) groups excluding carboxylic acids is 1. The SMILES string of the molecule is Cc1ccccc1C(Cc1ccc2c(c1)OCCO2)C(=O)Cl. The average Bonchev–Trinajstić information content (AvgIpc) is 2.53. The van der Waals surface area contributed by atoms with Crippen molar-refractivity contribution in [2.24, 2.45) is 0 Å². The molecule has 1 unspecified atom stereocenters. The van der Waals surface area contributed by atoms with Crippen LogP contribution in [0, 0.1) is 6.92 Å². The number of aryl methyl sites for hydroxylation is 1. The molecule has 0 fully saturated rings. The second kappa shape index (κ2) is 6.41. The highest BCUT2D eigenvalue weighted by Crippen LogP contribution is 2.33. The Bertz CT molecular complexity index is 696. The van der Waals surface area contributed by atoms with Crippen LogP contribution >= 0.6 is 11.6 Å². The highest BCUT2D eigenvalue weighted by atomic mass is 35.5. The van der Waals surface area contributed by atoms with Gasteiger partial charge in [-0.2, -0.15) is 0 Å². The Balaban J connectivity index is 1.89. The quantitative estimate of drug-likeness (QED) is 0.804. The van der Waals surface area contributed by atoms with E-state index >= 15 is 0 Å². The first-order valence-corrected chi connectivity index (χ1v) is 7.66. The maximum absolute atomic E-state index is 11.9. The fourth-order valence-corrected chi connectivity index (χ4v) is 2.94. The summed E-state index contributed by atoms with van der Waals surface area (Å²) in [5.74, 6) is 1.12. The fraction of sp³-hybridized carbons (Fsp3) is 0.278. The number of ether oxygens (including phenoxy) is 2. The number of rotatable bonds is 4. The van der Waals surface area contributed by atoms with Crippen LogP contribution in [0.3, 0.4) is 0 Å². The lowest BCUT2D eigenvalue weighted by molar-refractivity contribution is -0.113. The van der Waals surface area contributed by atoms with E-state index < -0.39 is 0 Å². The van der Waals surface area contributed by atoms with Gasteiger partial charge in [0.25, 0.3) is 0 Å². The molecule has 3 nitrogen and oxygen atoms in total. The zero-order valence-electron chi connectivity index (χ0n) is 12.3. The molecule has 2 aromatic carbocycles. The molecule has 0 saturated carbocycles. The van der Waals surface area contributed by atoms with Crippen LogP contribution in [0.5, 0.6) is 11.5 Å². The lowest BCUT2D eigenvalue weighted by Crippen LogP contribution is -2.16. The summed E-state index contributed by atoms with van der Waals surface area (Å²) in [7, 11) is 0. The lowest BCUT2D eigenvalue weighted by atomic mass is 9.90. The van der Waals surface area contributed by atoms with Crippen LogP contribution in [0.15, 0.2) is 42.5 Å². The Labute approximate surface area is 134 Å². The second-order valence-corrected chi connectivity index (χ2v) is 5.77. The molecule has 1 aliphatic heterocycles. The van der Waals surface area contributed by atoms with E-state index in [-0.39, 0.29) is 11.2 Å². The van der Waals surface area contributed by atoms with Crippen molar-refractivity contribution >= 4 is 16.8 Å². The molecule has 1 heterocycles. The molecular weight excluding hydrogens is 300 g/mol. The standard InChI is InChI=1S/C18H17ClO3/c1-12-4-2-3-5-14(12)15(18(19)20)10-13-6-7-16-17(11-13)22-9-8-21-16/h2-7,11,15H,8-10H2,1H3. The molecule has 3 rings (SSSR count). The summed E-state index contributed by atoms with van der Waals surface area (Å²) >= 11 is 5.85. The molecule has 4 heteroatoms. The molecular formula is C18H17ClO3. The van der Waals surface area contributed by atoms with Crippen LogP contribution in [-0.2, 0) is 11.2 Å². The van der Waals surface area contributed by atoms with Gasteiger partial charge < -0.3 is 9.47 Å². The van der Waals surface area contributed by atoms with Crippen LogP contribution in [0.2, 0.25) is 0 Å². The minimum absolute atomic E-state index is 0.343. The Kier molecular flexibility index (Phi) is 4.34. The number of halogens is 1. The van der Waals surface area contributed by atoms with Crippen molar-refractivity contribution in [3.05, 3.63) is 59.2 Å². The topological polar surface area (TPSA) is 35.5 Å². The molecule has 0 aromatic heterocycles. The van der Waals surface area contributed by atoms with Crippen molar-refractivity contribution in [1.29, 1.82) is 0 Å². The van der Waals surface area contributed by atoms with Crippen molar-refractivity contribution in [2.45, 2.75) is 19.3 Å². The zero-order chi connectivity index (χ0) is 15.5. The van der Waals surface area contributed by atoms with Crippen molar-refractivity contribution in [2.75, 3.05) is 13.2 Å². The minimum Gasteiger partial charge on any atom is -0.486 e. The molecule has 0 N–H and O–H groups in total. The summed E-state index contributed by atoms with van der Waals surface area (Å²) in [4.78, 5) is 11.9. The van der Waals surface area contributed by atoms with Gasteiger partial charge in [-0.3, -0.25) is 4.79 Å². The van der Waals surface area contributed by atoms with Gasteiger partial charge >= 0.3 is 0 Å². The monoisotopic (exact) mass is 316 g/mol. The molecule has 1 aliphatic rings. The van der Waals surface area contributed by atoms with E-state index in [9.17, 15) is 4.79 Å². The molecule has 0 spiro atoms. The predicted molar refractivity (Wildman–Crippen MR) is 85.9 cm³/mol. The van der Waals surface area contributed by atoms with E-state index in [0.29, 0.717) is 19.6 Å². The van der Waals surface area contributed by atoms with Crippen molar-refractivity contribution < 1.29 is 14.3 Å². The van der Waals surface area contributed by atoms with Crippen LogP contribution < -0.4 is 9.47 Å². The normalized spacial score (nSPS) is 14.5. The molecule has 0 saturated heterocycles. The summed E-state index contributed by atoms with van der Waals surface area (Å²) in [6.45, 7) is 3.11. The van der Waals surface area contributed by atoms with E-state index in [4.69, 9.17) is 21.1 Å². The molecule has 0 radical (unpaired) electrons. The second-order valence-electron chi connectivity index (χ2n) is 5.40. The summed E-state index contributed by atoms with van der Waals surface area (Å²) in [5, 5.41) is -0.343.